The van der Waals surface area contributed by atoms with Gasteiger partial charge in [-0.15, -0.1) is 0 Å². The topological polar surface area (TPSA) is 80.0 Å². The van der Waals surface area contributed by atoms with Crippen molar-refractivity contribution in [3.8, 4) is 5.75 Å². The highest BCUT2D eigenvalue weighted by molar-refractivity contribution is 6.46. The van der Waals surface area contributed by atoms with E-state index in [2.05, 4.69) is 0 Å². The summed E-state index contributed by atoms with van der Waals surface area (Å²) in [6.45, 7) is 8.47. The third kappa shape index (κ3) is 4.71. The standard InChI is InChI=1S/C28H28FNO5/c1-5-34-22-13-10-18(15-21(22)28(2,3)4)25(31)23-24(17-8-11-19(29)12-9-17)30(27(33)26(23)32)16-20-7-6-14-35-20/h6-15,24,31H,5,16H2,1-4H3/b25-23-. The summed E-state index contributed by atoms with van der Waals surface area (Å²) in [4.78, 5) is 27.6. The van der Waals surface area contributed by atoms with Crippen molar-refractivity contribution < 1.29 is 28.2 Å². The van der Waals surface area contributed by atoms with E-state index in [1.165, 1.54) is 35.4 Å². The molecular formula is C28H28FNO5. The third-order valence-electron chi connectivity index (χ3n) is 5.99. The predicted octanol–water partition coefficient (Wildman–Crippen LogP) is 5.74. The number of hydrogen-bond acceptors (Lipinski definition) is 5. The number of carbonyl (C=O) groups excluding carboxylic acids is 2. The number of ketones is 1. The first-order valence-corrected chi connectivity index (χ1v) is 11.5. The number of benzene rings is 2. The second-order valence-electron chi connectivity index (χ2n) is 9.45. The van der Waals surface area contributed by atoms with E-state index < -0.39 is 23.5 Å². The van der Waals surface area contributed by atoms with E-state index in [0.717, 1.165) is 5.56 Å². The van der Waals surface area contributed by atoms with Gasteiger partial charge in [-0.25, -0.2) is 4.39 Å². The predicted molar refractivity (Wildman–Crippen MR) is 129 cm³/mol. The first kappa shape index (κ1) is 24.3. The normalized spacial score (nSPS) is 17.7. The van der Waals surface area contributed by atoms with Crippen molar-refractivity contribution in [3.05, 3.63) is 94.7 Å². The molecule has 2 heterocycles. The van der Waals surface area contributed by atoms with Crippen LogP contribution >= 0.6 is 0 Å². The Bertz CT molecular complexity index is 1270. The quantitative estimate of drug-likeness (QED) is 0.278. The van der Waals surface area contributed by atoms with E-state index >= 15 is 0 Å². The van der Waals surface area contributed by atoms with Crippen LogP contribution in [0.2, 0.25) is 0 Å². The van der Waals surface area contributed by atoms with Crippen LogP contribution in [0.15, 0.2) is 70.9 Å². The Morgan fingerprint density at radius 2 is 1.83 bits per heavy atom. The fraction of sp³-hybridized carbons (Fsp3) is 0.286. The number of furan rings is 1. The number of halogens is 1. The summed E-state index contributed by atoms with van der Waals surface area (Å²) < 4.78 is 24.8. The molecule has 0 bridgehead atoms. The molecule has 0 saturated carbocycles. The molecule has 1 aliphatic rings. The van der Waals surface area contributed by atoms with Crippen molar-refractivity contribution in [1.82, 2.24) is 4.90 Å². The molecule has 6 nitrogen and oxygen atoms in total. The van der Waals surface area contributed by atoms with Crippen molar-refractivity contribution in [1.29, 1.82) is 0 Å². The number of nitrogens with zero attached hydrogens (tertiary/aromatic N) is 1. The van der Waals surface area contributed by atoms with Gasteiger partial charge < -0.3 is 19.2 Å². The van der Waals surface area contributed by atoms with Crippen LogP contribution in [0.1, 0.15) is 56.2 Å². The lowest BCUT2D eigenvalue weighted by Gasteiger charge is -2.25. The minimum atomic E-state index is -0.912. The molecule has 1 aromatic heterocycles. The zero-order valence-corrected chi connectivity index (χ0v) is 20.2. The minimum Gasteiger partial charge on any atom is -0.507 e. The number of aliphatic hydroxyl groups is 1. The summed E-state index contributed by atoms with van der Waals surface area (Å²) >= 11 is 0. The van der Waals surface area contributed by atoms with Crippen molar-refractivity contribution in [3.63, 3.8) is 0 Å². The molecule has 2 aromatic carbocycles. The summed E-state index contributed by atoms with van der Waals surface area (Å²) in [5, 5.41) is 11.4. The summed E-state index contributed by atoms with van der Waals surface area (Å²) in [7, 11) is 0. The van der Waals surface area contributed by atoms with Crippen LogP contribution < -0.4 is 4.74 Å². The van der Waals surface area contributed by atoms with Gasteiger partial charge in [0.15, 0.2) is 0 Å². The number of hydrogen-bond donors (Lipinski definition) is 1. The molecule has 0 aliphatic carbocycles. The monoisotopic (exact) mass is 477 g/mol. The minimum absolute atomic E-state index is 0.0207. The lowest BCUT2D eigenvalue weighted by molar-refractivity contribution is -0.140. The summed E-state index contributed by atoms with van der Waals surface area (Å²) in [5.41, 5.74) is 1.38. The van der Waals surface area contributed by atoms with Crippen LogP contribution in [0.25, 0.3) is 5.76 Å². The third-order valence-corrected chi connectivity index (χ3v) is 5.99. The molecule has 1 amide bonds. The maximum atomic E-state index is 13.7. The SMILES string of the molecule is CCOc1ccc(/C(O)=C2/C(=O)C(=O)N(Cc3ccco3)C2c2ccc(F)cc2)cc1C(C)(C)C. The highest BCUT2D eigenvalue weighted by Gasteiger charge is 2.46. The number of likely N-dealkylation sites (tertiary alicyclic amines) is 1. The average molecular weight is 478 g/mol. The van der Waals surface area contributed by atoms with E-state index in [1.807, 2.05) is 27.7 Å². The number of Topliss-reactive ketones (excluding diaryl/α,β-unsaturated/α-hetero) is 1. The smallest absolute Gasteiger partial charge is 0.296 e. The van der Waals surface area contributed by atoms with Crippen LogP contribution in [-0.4, -0.2) is 28.3 Å². The molecule has 1 atom stereocenters. The van der Waals surface area contributed by atoms with Crippen LogP contribution in [0.3, 0.4) is 0 Å². The van der Waals surface area contributed by atoms with Crippen molar-refractivity contribution in [2.45, 2.75) is 45.7 Å². The Morgan fingerprint density at radius 3 is 2.43 bits per heavy atom. The lowest BCUT2D eigenvalue weighted by Crippen LogP contribution is -2.29. The Kier molecular flexibility index (Phi) is 6.52. The Labute approximate surface area is 203 Å². The fourth-order valence-electron chi connectivity index (χ4n) is 4.31. The van der Waals surface area contributed by atoms with Gasteiger partial charge in [0.25, 0.3) is 11.7 Å². The van der Waals surface area contributed by atoms with Crippen molar-refractivity contribution in [2.75, 3.05) is 6.61 Å². The van der Waals surface area contributed by atoms with E-state index in [9.17, 15) is 19.1 Å². The first-order chi connectivity index (χ1) is 16.6. The van der Waals surface area contributed by atoms with E-state index in [4.69, 9.17) is 9.15 Å². The molecular weight excluding hydrogens is 449 g/mol. The number of aliphatic hydroxyl groups excluding tert-OH is 1. The van der Waals surface area contributed by atoms with Gasteiger partial charge in [-0.05, 0) is 60.4 Å². The average Bonchev–Trinajstić information content (AvgIpc) is 3.41. The summed E-state index contributed by atoms with van der Waals surface area (Å²) in [6.07, 6.45) is 1.48. The lowest BCUT2D eigenvalue weighted by atomic mass is 9.84. The van der Waals surface area contributed by atoms with Crippen molar-refractivity contribution in [2.24, 2.45) is 0 Å². The molecule has 1 fully saturated rings. The zero-order valence-electron chi connectivity index (χ0n) is 20.2. The highest BCUT2D eigenvalue weighted by atomic mass is 19.1. The van der Waals surface area contributed by atoms with Crippen LogP contribution in [0, 0.1) is 5.82 Å². The molecule has 1 N–H and O–H groups in total. The Morgan fingerprint density at radius 1 is 1.11 bits per heavy atom. The molecule has 3 aromatic rings. The summed E-state index contributed by atoms with van der Waals surface area (Å²) in [6, 6.07) is 13.2. The molecule has 0 radical (unpaired) electrons. The van der Waals surface area contributed by atoms with Gasteiger partial charge in [-0.1, -0.05) is 32.9 Å². The van der Waals surface area contributed by atoms with E-state index in [1.54, 1.807) is 30.3 Å². The van der Waals surface area contributed by atoms with Gasteiger partial charge in [0.1, 0.15) is 23.1 Å². The number of carbonyl (C=O) groups is 2. The number of rotatable bonds is 6. The molecule has 1 unspecified atom stereocenters. The number of amides is 1. The fourth-order valence-corrected chi connectivity index (χ4v) is 4.31. The Balaban J connectivity index is 1.88. The second kappa shape index (κ2) is 9.41. The van der Waals surface area contributed by atoms with Crippen LogP contribution in [-0.2, 0) is 21.5 Å². The van der Waals surface area contributed by atoms with E-state index in [0.29, 0.717) is 29.2 Å². The van der Waals surface area contributed by atoms with Gasteiger partial charge in [0.2, 0.25) is 0 Å². The zero-order chi connectivity index (χ0) is 25.3. The van der Waals surface area contributed by atoms with Gasteiger partial charge in [-0.2, -0.15) is 0 Å². The van der Waals surface area contributed by atoms with Gasteiger partial charge >= 0.3 is 0 Å². The highest BCUT2D eigenvalue weighted by Crippen LogP contribution is 2.41. The molecule has 7 heteroatoms. The molecule has 1 aliphatic heterocycles. The summed E-state index contributed by atoms with van der Waals surface area (Å²) in [5.74, 6) is -1.15. The first-order valence-electron chi connectivity index (χ1n) is 11.5. The Hall–Kier alpha value is -3.87. The van der Waals surface area contributed by atoms with Crippen molar-refractivity contribution >= 4 is 17.4 Å². The molecule has 0 spiro atoms. The van der Waals surface area contributed by atoms with Gasteiger partial charge in [0.05, 0.1) is 31.0 Å². The van der Waals surface area contributed by atoms with Gasteiger partial charge in [-0.3, -0.25) is 9.59 Å². The largest absolute Gasteiger partial charge is 0.507 e. The molecule has 182 valence electrons. The van der Waals surface area contributed by atoms with Crippen LogP contribution in [0.5, 0.6) is 5.75 Å². The second-order valence-corrected chi connectivity index (χ2v) is 9.45. The number of ether oxygens (including phenoxy) is 1. The maximum Gasteiger partial charge on any atom is 0.296 e. The van der Waals surface area contributed by atoms with Crippen LogP contribution in [0.4, 0.5) is 4.39 Å². The van der Waals surface area contributed by atoms with Gasteiger partial charge in [0, 0.05) is 11.1 Å². The molecule has 1 saturated heterocycles. The van der Waals surface area contributed by atoms with E-state index in [-0.39, 0.29) is 23.3 Å². The molecule has 35 heavy (non-hydrogen) atoms. The molecule has 4 rings (SSSR count). The maximum absolute atomic E-state index is 13.7.